The quantitative estimate of drug-likeness (QED) is 0.700. The van der Waals surface area contributed by atoms with Gasteiger partial charge in [-0.1, -0.05) is 19.1 Å². The fourth-order valence-electron chi connectivity index (χ4n) is 2.35. The van der Waals surface area contributed by atoms with Crippen molar-refractivity contribution in [1.82, 2.24) is 0 Å². The average Bonchev–Trinajstić information content (AvgIpc) is 2.63. The molecule has 0 bridgehead atoms. The first-order valence-electron chi connectivity index (χ1n) is 5.48. The first-order valence-corrected chi connectivity index (χ1v) is 5.48. The second-order valence-electron chi connectivity index (χ2n) is 4.40. The molecule has 0 fully saturated rings. The Balaban J connectivity index is 2.28. The smallest absolute Gasteiger partial charge is 0.116 e. The molecular formula is C14H13NO. The molecule has 1 N–H and O–H groups in total. The Hall–Kier alpha value is -1.83. The van der Waals surface area contributed by atoms with Gasteiger partial charge in [-0.15, -0.1) is 0 Å². The fraction of sp³-hybridized carbons (Fsp3) is 0.214. The van der Waals surface area contributed by atoms with Crippen LogP contribution in [0.2, 0.25) is 0 Å². The van der Waals surface area contributed by atoms with Crippen LogP contribution in [-0.4, -0.2) is 10.8 Å². The third-order valence-corrected chi connectivity index (χ3v) is 3.21. The summed E-state index contributed by atoms with van der Waals surface area (Å²) < 4.78 is 0. The Bertz CT molecular complexity index is 564. The number of benzene rings is 1. The topological polar surface area (TPSA) is 32.6 Å². The van der Waals surface area contributed by atoms with E-state index in [0.29, 0.717) is 11.7 Å². The van der Waals surface area contributed by atoms with Crippen molar-refractivity contribution in [1.29, 1.82) is 0 Å². The van der Waals surface area contributed by atoms with E-state index in [4.69, 9.17) is 0 Å². The van der Waals surface area contributed by atoms with Crippen LogP contribution in [-0.2, 0) is 0 Å². The summed E-state index contributed by atoms with van der Waals surface area (Å²) in [5.41, 5.74) is 5.57. The van der Waals surface area contributed by atoms with Gasteiger partial charge in [-0.2, -0.15) is 0 Å². The summed E-state index contributed by atoms with van der Waals surface area (Å²) >= 11 is 0. The van der Waals surface area contributed by atoms with E-state index in [0.717, 1.165) is 17.0 Å². The highest BCUT2D eigenvalue weighted by Crippen LogP contribution is 2.42. The molecule has 1 aliphatic carbocycles. The van der Waals surface area contributed by atoms with Crippen molar-refractivity contribution < 1.29 is 5.11 Å². The molecule has 1 aromatic carbocycles. The lowest BCUT2D eigenvalue weighted by molar-refractivity contribution is 0.475. The molecule has 0 saturated carbocycles. The number of nitrogens with zero attached hydrogens (tertiary/aromatic N) is 1. The van der Waals surface area contributed by atoms with E-state index in [1.165, 1.54) is 11.1 Å². The second kappa shape index (κ2) is 3.08. The first-order chi connectivity index (χ1) is 7.66. The number of phenols is 1. The standard InChI is InChI=1S/C14H13NO/c1-8-3-4-9(2)14-13(8)11-7-10(16)5-6-12(11)15-14/h3-7,9,16H,1-2H3. The highest BCUT2D eigenvalue weighted by Gasteiger charge is 2.27. The van der Waals surface area contributed by atoms with Crippen molar-refractivity contribution >= 4 is 17.0 Å². The minimum Gasteiger partial charge on any atom is -0.508 e. The maximum Gasteiger partial charge on any atom is 0.116 e. The molecule has 0 amide bonds. The van der Waals surface area contributed by atoms with Gasteiger partial charge in [0.1, 0.15) is 5.75 Å². The number of fused-ring (bicyclic) bond motifs is 3. The number of aromatic hydroxyl groups is 1. The van der Waals surface area contributed by atoms with Crippen molar-refractivity contribution in [2.75, 3.05) is 0 Å². The van der Waals surface area contributed by atoms with Crippen LogP contribution in [0.5, 0.6) is 5.75 Å². The maximum atomic E-state index is 9.55. The van der Waals surface area contributed by atoms with E-state index in [-0.39, 0.29) is 0 Å². The summed E-state index contributed by atoms with van der Waals surface area (Å²) in [5, 5.41) is 9.55. The summed E-state index contributed by atoms with van der Waals surface area (Å²) in [7, 11) is 0. The SMILES string of the molecule is CC1=C2C(=Nc3ccc(O)cc32)C(C)C=C1. The maximum absolute atomic E-state index is 9.55. The highest BCUT2D eigenvalue weighted by molar-refractivity contribution is 6.31. The summed E-state index contributed by atoms with van der Waals surface area (Å²) in [6.07, 6.45) is 4.31. The van der Waals surface area contributed by atoms with Gasteiger partial charge in [-0.3, -0.25) is 4.99 Å². The normalized spacial score (nSPS) is 21.9. The van der Waals surface area contributed by atoms with Gasteiger partial charge in [0.15, 0.2) is 0 Å². The summed E-state index contributed by atoms with van der Waals surface area (Å²) in [6.45, 7) is 4.24. The Labute approximate surface area is 94.6 Å². The molecule has 0 aromatic heterocycles. The number of hydrogen-bond donors (Lipinski definition) is 1. The van der Waals surface area contributed by atoms with Crippen molar-refractivity contribution in [3.63, 3.8) is 0 Å². The molecule has 2 nitrogen and oxygen atoms in total. The number of aliphatic imine (C=N–C) groups is 1. The minimum absolute atomic E-state index is 0.303. The van der Waals surface area contributed by atoms with Crippen molar-refractivity contribution in [3.8, 4) is 5.75 Å². The zero-order valence-electron chi connectivity index (χ0n) is 9.36. The predicted octanol–water partition coefficient (Wildman–Crippen LogP) is 3.46. The molecular weight excluding hydrogens is 198 g/mol. The molecule has 1 heterocycles. The van der Waals surface area contributed by atoms with Crippen LogP contribution in [0.15, 0.2) is 40.9 Å². The molecule has 80 valence electrons. The molecule has 16 heavy (non-hydrogen) atoms. The van der Waals surface area contributed by atoms with Crippen LogP contribution in [0, 0.1) is 5.92 Å². The van der Waals surface area contributed by atoms with Gasteiger partial charge in [0, 0.05) is 17.1 Å². The van der Waals surface area contributed by atoms with Crippen molar-refractivity contribution in [3.05, 3.63) is 41.5 Å². The molecule has 1 aromatic rings. The van der Waals surface area contributed by atoms with Gasteiger partial charge in [0.25, 0.3) is 0 Å². The van der Waals surface area contributed by atoms with Crippen LogP contribution < -0.4 is 0 Å². The van der Waals surface area contributed by atoms with Gasteiger partial charge in [0.05, 0.1) is 11.4 Å². The lowest BCUT2D eigenvalue weighted by Gasteiger charge is -2.16. The third kappa shape index (κ3) is 1.16. The van der Waals surface area contributed by atoms with Crippen molar-refractivity contribution in [2.24, 2.45) is 10.9 Å². The van der Waals surface area contributed by atoms with E-state index in [1.807, 2.05) is 6.07 Å². The summed E-state index contributed by atoms with van der Waals surface area (Å²) in [5.74, 6) is 0.658. The molecule has 2 heteroatoms. The van der Waals surface area contributed by atoms with E-state index >= 15 is 0 Å². The predicted molar refractivity (Wildman–Crippen MR) is 66.1 cm³/mol. The van der Waals surface area contributed by atoms with Gasteiger partial charge >= 0.3 is 0 Å². The van der Waals surface area contributed by atoms with Crippen LogP contribution in [0.1, 0.15) is 19.4 Å². The fourth-order valence-corrected chi connectivity index (χ4v) is 2.35. The number of phenolic OH excluding ortho intramolecular Hbond substituents is 1. The molecule has 1 aliphatic heterocycles. The number of allylic oxidation sites excluding steroid dienone is 4. The minimum atomic E-state index is 0.303. The van der Waals surface area contributed by atoms with Crippen LogP contribution >= 0.6 is 0 Å². The monoisotopic (exact) mass is 211 g/mol. The van der Waals surface area contributed by atoms with E-state index in [9.17, 15) is 5.11 Å². The average molecular weight is 211 g/mol. The molecule has 0 saturated heterocycles. The van der Waals surface area contributed by atoms with E-state index < -0.39 is 0 Å². The number of rotatable bonds is 0. The molecule has 2 aliphatic rings. The van der Waals surface area contributed by atoms with Gasteiger partial charge in [-0.05, 0) is 30.7 Å². The van der Waals surface area contributed by atoms with Crippen LogP contribution in [0.3, 0.4) is 0 Å². The zero-order valence-corrected chi connectivity index (χ0v) is 9.36. The lowest BCUT2D eigenvalue weighted by atomic mass is 9.87. The zero-order chi connectivity index (χ0) is 11.3. The van der Waals surface area contributed by atoms with Crippen molar-refractivity contribution in [2.45, 2.75) is 13.8 Å². The molecule has 1 unspecified atom stereocenters. The van der Waals surface area contributed by atoms with Gasteiger partial charge in [0.2, 0.25) is 0 Å². The van der Waals surface area contributed by atoms with Gasteiger partial charge < -0.3 is 5.11 Å². The summed E-state index contributed by atoms with van der Waals surface area (Å²) in [4.78, 5) is 4.64. The Morgan fingerprint density at radius 1 is 1.31 bits per heavy atom. The van der Waals surface area contributed by atoms with E-state index in [1.54, 1.807) is 12.1 Å². The Morgan fingerprint density at radius 3 is 2.94 bits per heavy atom. The van der Waals surface area contributed by atoms with Crippen LogP contribution in [0.25, 0.3) is 5.57 Å². The molecule has 0 radical (unpaired) electrons. The molecule has 0 spiro atoms. The first kappa shape index (κ1) is 9.40. The van der Waals surface area contributed by atoms with Crippen LogP contribution in [0.4, 0.5) is 5.69 Å². The molecule has 3 rings (SSSR count). The number of hydrogen-bond acceptors (Lipinski definition) is 2. The lowest BCUT2D eigenvalue weighted by Crippen LogP contribution is -2.12. The largest absolute Gasteiger partial charge is 0.508 e. The highest BCUT2D eigenvalue weighted by atomic mass is 16.3. The molecule has 1 atom stereocenters. The van der Waals surface area contributed by atoms with E-state index in [2.05, 4.69) is 31.0 Å². The Morgan fingerprint density at radius 2 is 2.12 bits per heavy atom. The Kier molecular flexibility index (Phi) is 1.81. The second-order valence-corrected chi connectivity index (χ2v) is 4.40. The van der Waals surface area contributed by atoms with Gasteiger partial charge in [-0.25, -0.2) is 0 Å². The third-order valence-electron chi connectivity index (χ3n) is 3.21. The summed E-state index contributed by atoms with van der Waals surface area (Å²) in [6, 6.07) is 5.37.